The summed E-state index contributed by atoms with van der Waals surface area (Å²) in [7, 11) is 0. The van der Waals surface area contributed by atoms with Crippen molar-refractivity contribution in [3.63, 3.8) is 0 Å². The van der Waals surface area contributed by atoms with Crippen LogP contribution in [0.25, 0.3) is 0 Å². The fourth-order valence-corrected chi connectivity index (χ4v) is 1.08. The maximum atomic E-state index is 8.88. The first-order valence-corrected chi connectivity index (χ1v) is 4.21. The van der Waals surface area contributed by atoms with E-state index in [9.17, 15) is 0 Å². The molecule has 3 nitrogen and oxygen atoms in total. The van der Waals surface area contributed by atoms with Crippen LogP contribution in [-0.4, -0.2) is 10.1 Å². The number of aromatic nitrogens is 1. The number of nitrogens with two attached hydrogens (primary N) is 1. The van der Waals surface area contributed by atoms with Gasteiger partial charge in [0.25, 0.3) is 0 Å². The van der Waals surface area contributed by atoms with Crippen molar-refractivity contribution in [3.8, 4) is 0 Å². The molecule has 70 valence electrons. The fraction of sp³-hybridized carbons (Fsp3) is 0.222. The zero-order chi connectivity index (χ0) is 9.84. The summed E-state index contributed by atoms with van der Waals surface area (Å²) < 4.78 is 0. The van der Waals surface area contributed by atoms with Gasteiger partial charge >= 0.3 is 0 Å². The third-order valence-corrected chi connectivity index (χ3v) is 2.03. The molecule has 0 aliphatic heterocycles. The number of halogens is 1. The molecule has 0 bridgehead atoms. The molecule has 13 heavy (non-hydrogen) atoms. The molecule has 0 radical (unpaired) electrons. The number of aliphatic hydroxyl groups excluding tert-OH is 1. The van der Waals surface area contributed by atoms with E-state index in [0.29, 0.717) is 16.4 Å². The Bertz CT molecular complexity index is 314. The Balaban J connectivity index is 3.05. The number of nitrogens with zero attached hydrogens (tertiary/aromatic N) is 1. The fourth-order valence-electron chi connectivity index (χ4n) is 0.919. The third kappa shape index (κ3) is 2.28. The van der Waals surface area contributed by atoms with Crippen LogP contribution in [0.2, 0.25) is 5.02 Å². The molecule has 4 heteroatoms. The van der Waals surface area contributed by atoms with Crippen LogP contribution in [0.5, 0.6) is 0 Å². The van der Waals surface area contributed by atoms with Crippen LogP contribution in [0.4, 0.5) is 0 Å². The van der Waals surface area contributed by atoms with E-state index in [2.05, 4.69) is 11.6 Å². The SMILES string of the molecule is C=C[C@H](N)c1ccc(Cl)c(CO)n1. The molecule has 0 spiro atoms. The summed E-state index contributed by atoms with van der Waals surface area (Å²) >= 11 is 5.76. The molecule has 0 amide bonds. The van der Waals surface area contributed by atoms with Crippen molar-refractivity contribution in [3.05, 3.63) is 41.2 Å². The van der Waals surface area contributed by atoms with Crippen LogP contribution in [0, 0.1) is 0 Å². The molecule has 0 aliphatic rings. The first-order chi connectivity index (χ1) is 6.19. The van der Waals surface area contributed by atoms with Gasteiger partial charge < -0.3 is 10.8 Å². The lowest BCUT2D eigenvalue weighted by atomic mass is 10.2. The van der Waals surface area contributed by atoms with Gasteiger partial charge in [0.2, 0.25) is 0 Å². The summed E-state index contributed by atoms with van der Waals surface area (Å²) in [5, 5.41) is 9.33. The van der Waals surface area contributed by atoms with Gasteiger partial charge in [-0.2, -0.15) is 0 Å². The lowest BCUT2D eigenvalue weighted by molar-refractivity contribution is 0.276. The molecule has 1 aromatic heterocycles. The van der Waals surface area contributed by atoms with E-state index in [1.165, 1.54) is 0 Å². The lowest BCUT2D eigenvalue weighted by Gasteiger charge is -2.07. The van der Waals surface area contributed by atoms with Crippen LogP contribution in [-0.2, 0) is 6.61 Å². The van der Waals surface area contributed by atoms with E-state index in [0.717, 1.165) is 0 Å². The van der Waals surface area contributed by atoms with E-state index in [-0.39, 0.29) is 12.6 Å². The van der Waals surface area contributed by atoms with Crippen molar-refractivity contribution in [1.82, 2.24) is 4.98 Å². The topological polar surface area (TPSA) is 59.1 Å². The number of pyridine rings is 1. The van der Waals surface area contributed by atoms with Gasteiger partial charge in [0, 0.05) is 0 Å². The summed E-state index contributed by atoms with van der Waals surface area (Å²) in [4.78, 5) is 4.08. The standard InChI is InChI=1S/C9H11ClN2O/c1-2-7(11)8-4-3-6(10)9(5-13)12-8/h2-4,7,13H,1,5,11H2/t7-/m0/s1. The molecule has 0 fully saturated rings. The molecule has 1 heterocycles. The second-order valence-electron chi connectivity index (χ2n) is 2.58. The van der Waals surface area contributed by atoms with Crippen molar-refractivity contribution >= 4 is 11.6 Å². The van der Waals surface area contributed by atoms with Gasteiger partial charge in [-0.05, 0) is 12.1 Å². The minimum Gasteiger partial charge on any atom is -0.390 e. The molecule has 1 rings (SSSR count). The Morgan fingerprint density at radius 3 is 2.92 bits per heavy atom. The summed E-state index contributed by atoms with van der Waals surface area (Å²) in [6.45, 7) is 3.37. The maximum absolute atomic E-state index is 8.88. The average molecular weight is 199 g/mol. The number of rotatable bonds is 3. The Morgan fingerprint density at radius 1 is 1.69 bits per heavy atom. The highest BCUT2D eigenvalue weighted by atomic mass is 35.5. The molecule has 3 N–H and O–H groups in total. The maximum Gasteiger partial charge on any atom is 0.0868 e. The predicted octanol–water partition coefficient (Wildman–Crippen LogP) is 1.41. The zero-order valence-electron chi connectivity index (χ0n) is 7.07. The van der Waals surface area contributed by atoms with Gasteiger partial charge in [0.15, 0.2) is 0 Å². The van der Waals surface area contributed by atoms with Crippen LogP contribution in [0.1, 0.15) is 17.4 Å². The molecule has 1 atom stereocenters. The second-order valence-corrected chi connectivity index (χ2v) is 2.99. The monoisotopic (exact) mass is 198 g/mol. The minimum absolute atomic E-state index is 0.184. The van der Waals surface area contributed by atoms with Gasteiger partial charge in [0.1, 0.15) is 0 Å². The Hall–Kier alpha value is -0.900. The molecular formula is C9H11ClN2O. The van der Waals surface area contributed by atoms with Crippen LogP contribution >= 0.6 is 11.6 Å². The Morgan fingerprint density at radius 2 is 2.38 bits per heavy atom. The van der Waals surface area contributed by atoms with E-state index >= 15 is 0 Å². The van der Waals surface area contributed by atoms with E-state index in [1.54, 1.807) is 18.2 Å². The number of hydrogen-bond acceptors (Lipinski definition) is 3. The van der Waals surface area contributed by atoms with Crippen molar-refractivity contribution in [2.24, 2.45) is 5.73 Å². The summed E-state index contributed by atoms with van der Waals surface area (Å²) in [6, 6.07) is 3.06. The summed E-state index contributed by atoms with van der Waals surface area (Å²) in [5.41, 5.74) is 6.76. The van der Waals surface area contributed by atoms with E-state index in [4.69, 9.17) is 22.4 Å². The minimum atomic E-state index is -0.317. The molecule has 0 aliphatic carbocycles. The zero-order valence-corrected chi connectivity index (χ0v) is 7.83. The molecule has 0 saturated carbocycles. The van der Waals surface area contributed by atoms with Gasteiger partial charge in [0.05, 0.1) is 29.1 Å². The summed E-state index contributed by atoms with van der Waals surface area (Å²) in [5.74, 6) is 0. The number of aliphatic hydroxyl groups is 1. The van der Waals surface area contributed by atoms with E-state index < -0.39 is 0 Å². The predicted molar refractivity (Wildman–Crippen MR) is 52.3 cm³/mol. The molecule has 1 aromatic rings. The first-order valence-electron chi connectivity index (χ1n) is 3.83. The van der Waals surface area contributed by atoms with Crippen molar-refractivity contribution < 1.29 is 5.11 Å². The van der Waals surface area contributed by atoms with Gasteiger partial charge in [-0.15, -0.1) is 6.58 Å². The molecule has 0 unspecified atom stereocenters. The third-order valence-electron chi connectivity index (χ3n) is 1.69. The average Bonchev–Trinajstić information content (AvgIpc) is 2.17. The van der Waals surface area contributed by atoms with Gasteiger partial charge in [-0.25, -0.2) is 0 Å². The second kappa shape index (κ2) is 4.37. The Kier molecular flexibility index (Phi) is 3.42. The summed E-state index contributed by atoms with van der Waals surface area (Å²) in [6.07, 6.45) is 1.58. The molecule has 0 saturated heterocycles. The highest BCUT2D eigenvalue weighted by Gasteiger charge is 2.06. The number of hydrogen-bond donors (Lipinski definition) is 2. The smallest absolute Gasteiger partial charge is 0.0868 e. The Labute approximate surface area is 81.9 Å². The van der Waals surface area contributed by atoms with Gasteiger partial charge in [-0.1, -0.05) is 17.7 Å². The van der Waals surface area contributed by atoms with Crippen molar-refractivity contribution in [1.29, 1.82) is 0 Å². The normalized spacial score (nSPS) is 12.5. The van der Waals surface area contributed by atoms with E-state index in [1.807, 2.05) is 0 Å². The van der Waals surface area contributed by atoms with Crippen LogP contribution < -0.4 is 5.73 Å². The molecule has 0 aromatic carbocycles. The van der Waals surface area contributed by atoms with Crippen LogP contribution in [0.3, 0.4) is 0 Å². The quantitative estimate of drug-likeness (QED) is 0.723. The largest absolute Gasteiger partial charge is 0.390 e. The van der Waals surface area contributed by atoms with Gasteiger partial charge in [-0.3, -0.25) is 4.98 Å². The highest BCUT2D eigenvalue weighted by Crippen LogP contribution is 2.17. The van der Waals surface area contributed by atoms with Crippen molar-refractivity contribution in [2.75, 3.05) is 0 Å². The molecular weight excluding hydrogens is 188 g/mol. The van der Waals surface area contributed by atoms with Crippen molar-refractivity contribution in [2.45, 2.75) is 12.6 Å². The highest BCUT2D eigenvalue weighted by molar-refractivity contribution is 6.31. The van der Waals surface area contributed by atoms with Crippen LogP contribution in [0.15, 0.2) is 24.8 Å². The first kappa shape index (κ1) is 10.2. The lowest BCUT2D eigenvalue weighted by Crippen LogP contribution is -2.09.